The van der Waals surface area contributed by atoms with E-state index in [1.54, 1.807) is 0 Å². The van der Waals surface area contributed by atoms with E-state index in [1.807, 2.05) is 17.8 Å². The van der Waals surface area contributed by atoms with E-state index in [9.17, 15) is 0 Å². The van der Waals surface area contributed by atoms with E-state index in [1.165, 1.54) is 11.1 Å². The third-order valence-corrected chi connectivity index (χ3v) is 3.91. The van der Waals surface area contributed by atoms with Crippen LogP contribution in [0.25, 0.3) is 10.9 Å². The van der Waals surface area contributed by atoms with Crippen LogP contribution in [0.1, 0.15) is 30.5 Å². The van der Waals surface area contributed by atoms with Crippen LogP contribution < -0.4 is 0 Å². The molecule has 0 radical (unpaired) electrons. The van der Waals surface area contributed by atoms with Crippen molar-refractivity contribution in [2.24, 2.45) is 7.05 Å². The summed E-state index contributed by atoms with van der Waals surface area (Å²) in [4.78, 5) is 2.45. The number of aryl methyl sites for hydroxylation is 1. The number of rotatable bonds is 1. The quantitative estimate of drug-likeness (QED) is 0.766. The molecule has 0 unspecified atom stereocenters. The molecule has 3 rings (SSSR count). The maximum absolute atomic E-state index is 9.16. The average molecular weight is 239 g/mol. The summed E-state index contributed by atoms with van der Waals surface area (Å²) in [5, 5.41) is 10.3. The van der Waals surface area contributed by atoms with Crippen molar-refractivity contribution in [3.63, 3.8) is 0 Å². The zero-order chi connectivity index (χ0) is 12.9. The zero-order valence-electron chi connectivity index (χ0n) is 11.1. The van der Waals surface area contributed by atoms with Crippen molar-refractivity contribution in [3.05, 3.63) is 35.0 Å². The van der Waals surface area contributed by atoms with Gasteiger partial charge in [0.25, 0.3) is 0 Å². The number of nitriles is 1. The highest BCUT2D eigenvalue weighted by Gasteiger charge is 2.22. The van der Waals surface area contributed by atoms with Gasteiger partial charge in [-0.25, -0.2) is 0 Å². The van der Waals surface area contributed by atoms with Crippen LogP contribution >= 0.6 is 0 Å². The lowest BCUT2D eigenvalue weighted by Gasteiger charge is -2.18. The second-order valence-electron chi connectivity index (χ2n) is 5.40. The van der Waals surface area contributed by atoms with Gasteiger partial charge in [0.05, 0.1) is 5.56 Å². The van der Waals surface area contributed by atoms with Crippen molar-refractivity contribution in [1.29, 1.82) is 5.26 Å². The number of benzene rings is 1. The Kier molecular flexibility index (Phi) is 2.42. The van der Waals surface area contributed by atoms with Gasteiger partial charge in [-0.05, 0) is 37.1 Å². The van der Waals surface area contributed by atoms with Crippen LogP contribution in [0, 0.1) is 11.3 Å². The highest BCUT2D eigenvalue weighted by molar-refractivity contribution is 5.88. The van der Waals surface area contributed by atoms with Crippen LogP contribution in [-0.4, -0.2) is 15.5 Å². The predicted molar refractivity (Wildman–Crippen MR) is 72.0 cm³/mol. The molecule has 2 heterocycles. The van der Waals surface area contributed by atoms with Gasteiger partial charge in [0.1, 0.15) is 6.07 Å². The molecular formula is C15H17N3. The number of aromatic nitrogens is 1. The van der Waals surface area contributed by atoms with Crippen molar-refractivity contribution >= 4 is 10.9 Å². The molecule has 1 aliphatic heterocycles. The Hall–Kier alpha value is -1.79. The van der Waals surface area contributed by atoms with Crippen molar-refractivity contribution in [3.8, 4) is 6.07 Å². The van der Waals surface area contributed by atoms with Crippen molar-refractivity contribution in [1.82, 2.24) is 9.47 Å². The van der Waals surface area contributed by atoms with Crippen molar-refractivity contribution in [2.45, 2.75) is 33.0 Å². The van der Waals surface area contributed by atoms with Crippen LogP contribution in [0.15, 0.2) is 18.3 Å². The lowest BCUT2D eigenvalue weighted by atomic mass is 10.1. The molecule has 2 aromatic rings. The Morgan fingerprint density at radius 2 is 1.89 bits per heavy atom. The van der Waals surface area contributed by atoms with Gasteiger partial charge in [-0.2, -0.15) is 5.26 Å². The molecule has 0 fully saturated rings. The van der Waals surface area contributed by atoms with Crippen molar-refractivity contribution < 1.29 is 0 Å². The van der Waals surface area contributed by atoms with Gasteiger partial charge in [0, 0.05) is 43.3 Å². The third-order valence-electron chi connectivity index (χ3n) is 3.91. The summed E-state index contributed by atoms with van der Waals surface area (Å²) in [7, 11) is 2.00. The minimum absolute atomic E-state index is 0.566. The first kappa shape index (κ1) is 11.3. The Balaban J connectivity index is 2.15. The molecule has 3 heteroatoms. The highest BCUT2D eigenvalue weighted by atomic mass is 15.2. The summed E-state index contributed by atoms with van der Waals surface area (Å²) >= 11 is 0. The number of nitrogens with zero attached hydrogens (tertiary/aromatic N) is 3. The molecule has 1 aromatic carbocycles. The summed E-state index contributed by atoms with van der Waals surface area (Å²) in [6.07, 6.45) is 1.92. The van der Waals surface area contributed by atoms with E-state index >= 15 is 0 Å². The monoisotopic (exact) mass is 239 g/mol. The minimum atomic E-state index is 0.566. The minimum Gasteiger partial charge on any atom is -0.349 e. The third kappa shape index (κ3) is 1.53. The van der Waals surface area contributed by atoms with Gasteiger partial charge >= 0.3 is 0 Å². The Morgan fingerprint density at radius 3 is 2.50 bits per heavy atom. The Bertz CT molecular complexity index is 658. The summed E-state index contributed by atoms with van der Waals surface area (Å²) in [5.74, 6) is 0. The summed E-state index contributed by atoms with van der Waals surface area (Å²) in [6, 6.07) is 7.29. The fourth-order valence-corrected chi connectivity index (χ4v) is 2.76. The highest BCUT2D eigenvalue weighted by Crippen LogP contribution is 2.30. The van der Waals surface area contributed by atoms with Crippen LogP contribution in [-0.2, 0) is 20.1 Å². The standard InChI is InChI=1S/C15H17N3/c1-10(2)18-8-11-4-14-13(6-16)7-17(3)15(14)5-12(11)9-18/h4-5,7,10H,8-9H2,1-3H3. The molecule has 0 spiro atoms. The van der Waals surface area contributed by atoms with Gasteiger partial charge in [-0.3, -0.25) is 4.90 Å². The number of fused-ring (bicyclic) bond motifs is 2. The number of hydrogen-bond donors (Lipinski definition) is 0. The smallest absolute Gasteiger partial charge is 0.101 e. The van der Waals surface area contributed by atoms with E-state index in [0.717, 1.165) is 29.6 Å². The second-order valence-corrected chi connectivity index (χ2v) is 5.40. The zero-order valence-corrected chi connectivity index (χ0v) is 11.1. The molecule has 1 aromatic heterocycles. The maximum Gasteiger partial charge on any atom is 0.101 e. The summed E-state index contributed by atoms with van der Waals surface area (Å²) < 4.78 is 2.05. The van der Waals surface area contributed by atoms with E-state index in [2.05, 4.69) is 36.9 Å². The van der Waals surface area contributed by atoms with Gasteiger partial charge < -0.3 is 4.57 Å². The van der Waals surface area contributed by atoms with Gasteiger partial charge in [-0.1, -0.05) is 0 Å². The molecule has 18 heavy (non-hydrogen) atoms. The van der Waals surface area contributed by atoms with E-state index in [-0.39, 0.29) is 0 Å². The molecule has 3 nitrogen and oxygen atoms in total. The SMILES string of the molecule is CC(C)N1Cc2cc3c(C#N)cn(C)c3cc2C1. The Labute approximate surface area is 107 Å². The van der Waals surface area contributed by atoms with E-state index in [0.29, 0.717) is 6.04 Å². The second kappa shape index (κ2) is 3.86. The van der Waals surface area contributed by atoms with E-state index < -0.39 is 0 Å². The molecule has 92 valence electrons. The van der Waals surface area contributed by atoms with E-state index in [4.69, 9.17) is 5.26 Å². The van der Waals surface area contributed by atoms with Crippen LogP contribution in [0.4, 0.5) is 0 Å². The van der Waals surface area contributed by atoms with Gasteiger partial charge in [-0.15, -0.1) is 0 Å². The molecule has 0 aliphatic carbocycles. The average Bonchev–Trinajstić information content (AvgIpc) is 2.88. The van der Waals surface area contributed by atoms with Gasteiger partial charge in [0.2, 0.25) is 0 Å². The first-order valence-electron chi connectivity index (χ1n) is 6.35. The molecule has 0 N–H and O–H groups in total. The molecule has 0 amide bonds. The largest absolute Gasteiger partial charge is 0.349 e. The summed E-state index contributed by atoms with van der Waals surface area (Å²) in [5.41, 5.74) is 4.72. The molecule has 0 saturated heterocycles. The molecular weight excluding hydrogens is 222 g/mol. The summed E-state index contributed by atoms with van der Waals surface area (Å²) in [6.45, 7) is 6.48. The Morgan fingerprint density at radius 1 is 1.22 bits per heavy atom. The molecule has 0 atom stereocenters. The topological polar surface area (TPSA) is 32.0 Å². The first-order valence-corrected chi connectivity index (χ1v) is 6.35. The first-order chi connectivity index (χ1) is 8.60. The van der Waals surface area contributed by atoms with Gasteiger partial charge in [0.15, 0.2) is 0 Å². The van der Waals surface area contributed by atoms with Crippen molar-refractivity contribution in [2.75, 3.05) is 0 Å². The lowest BCUT2D eigenvalue weighted by molar-refractivity contribution is 0.227. The normalized spacial score (nSPS) is 15.3. The molecule has 1 aliphatic rings. The maximum atomic E-state index is 9.16. The lowest BCUT2D eigenvalue weighted by Crippen LogP contribution is -2.24. The molecule has 0 saturated carbocycles. The van der Waals surface area contributed by atoms with Crippen LogP contribution in [0.3, 0.4) is 0 Å². The predicted octanol–water partition coefficient (Wildman–Crippen LogP) is 2.77. The molecule has 0 bridgehead atoms. The van der Waals surface area contributed by atoms with Crippen LogP contribution in [0.5, 0.6) is 0 Å². The number of hydrogen-bond acceptors (Lipinski definition) is 2. The van der Waals surface area contributed by atoms with Crippen LogP contribution in [0.2, 0.25) is 0 Å². The fourth-order valence-electron chi connectivity index (χ4n) is 2.76. The fraction of sp³-hybridized carbons (Fsp3) is 0.400.